The summed E-state index contributed by atoms with van der Waals surface area (Å²) in [6.07, 6.45) is 0. The van der Waals surface area contributed by atoms with E-state index in [-0.39, 0.29) is 23.8 Å². The molecule has 0 bridgehead atoms. The molecule has 0 aliphatic carbocycles. The first-order chi connectivity index (χ1) is 12.9. The number of amides is 2. The van der Waals surface area contributed by atoms with Crippen LogP contribution in [0.5, 0.6) is 0 Å². The zero-order valence-corrected chi connectivity index (χ0v) is 15.9. The Balaban J connectivity index is 1.59. The number of carbonyl (C=O) groups excluding carboxylic acids is 2. The van der Waals surface area contributed by atoms with Gasteiger partial charge in [0.15, 0.2) is 0 Å². The Morgan fingerprint density at radius 2 is 2.00 bits per heavy atom. The number of hydrogen-bond acceptors (Lipinski definition) is 3. The van der Waals surface area contributed by atoms with Crippen molar-refractivity contribution in [3.63, 3.8) is 0 Å². The van der Waals surface area contributed by atoms with E-state index in [0.717, 1.165) is 16.9 Å². The highest BCUT2D eigenvalue weighted by Gasteiger charge is 2.43. The molecule has 0 aromatic heterocycles. The van der Waals surface area contributed by atoms with E-state index in [1.54, 1.807) is 0 Å². The lowest BCUT2D eigenvalue weighted by molar-refractivity contribution is -0.124. The fraction of sp³-hybridized carbons (Fsp3) is 0.364. The van der Waals surface area contributed by atoms with Crippen molar-refractivity contribution in [2.24, 2.45) is 5.92 Å². The summed E-state index contributed by atoms with van der Waals surface area (Å²) < 4.78 is 0. The summed E-state index contributed by atoms with van der Waals surface area (Å²) in [6, 6.07) is 13.4. The molecule has 4 rings (SSSR count). The van der Waals surface area contributed by atoms with E-state index < -0.39 is 0 Å². The molecule has 1 fully saturated rings. The maximum Gasteiger partial charge on any atom is 0.255 e. The quantitative estimate of drug-likeness (QED) is 0.779. The van der Waals surface area contributed by atoms with E-state index in [1.807, 2.05) is 36.4 Å². The Bertz CT molecular complexity index is 906. The van der Waals surface area contributed by atoms with Crippen molar-refractivity contribution in [1.82, 2.24) is 5.32 Å². The van der Waals surface area contributed by atoms with Crippen LogP contribution in [0.15, 0.2) is 42.5 Å². The van der Waals surface area contributed by atoms with E-state index in [1.165, 1.54) is 5.56 Å². The van der Waals surface area contributed by atoms with E-state index in [2.05, 4.69) is 42.8 Å². The number of rotatable bonds is 3. The zero-order valence-electron chi connectivity index (χ0n) is 15.9. The number of piperidine rings is 1. The predicted octanol–water partition coefficient (Wildman–Crippen LogP) is 3.71. The third-order valence-corrected chi connectivity index (χ3v) is 5.65. The van der Waals surface area contributed by atoms with Crippen LogP contribution in [-0.2, 0) is 4.79 Å². The molecule has 2 amide bonds. The first kappa shape index (κ1) is 17.6. The van der Waals surface area contributed by atoms with Gasteiger partial charge in [-0.15, -0.1) is 0 Å². The van der Waals surface area contributed by atoms with Gasteiger partial charge in [-0.3, -0.25) is 9.59 Å². The Hall–Kier alpha value is -2.82. The summed E-state index contributed by atoms with van der Waals surface area (Å²) >= 11 is 0. The van der Waals surface area contributed by atoms with Crippen LogP contribution in [0.2, 0.25) is 0 Å². The molecule has 1 saturated heterocycles. The molecular formula is C22H25N3O2. The molecule has 27 heavy (non-hydrogen) atoms. The lowest BCUT2D eigenvalue weighted by Crippen LogP contribution is -2.49. The number of hydrogen-bond donors (Lipinski definition) is 3. The fourth-order valence-corrected chi connectivity index (χ4v) is 4.09. The maximum absolute atomic E-state index is 12.8. The Morgan fingerprint density at radius 3 is 2.78 bits per heavy atom. The SMILES string of the molecule is CC(C)c1cccc(NC(=O)c2ccc3c(c2)C2C(C)CNC(=O)C2N3)c1. The van der Waals surface area contributed by atoms with Gasteiger partial charge in [0.1, 0.15) is 6.04 Å². The molecular weight excluding hydrogens is 338 g/mol. The second-order valence-electron chi connectivity index (χ2n) is 7.91. The Morgan fingerprint density at radius 1 is 1.19 bits per heavy atom. The standard InChI is InChI=1S/C22H25N3O2/c1-12(2)14-5-4-6-16(9-14)24-21(26)15-7-8-18-17(10-15)19-13(3)11-23-22(27)20(19)25-18/h4-10,12-13,19-20,25H,11H2,1-3H3,(H,23,27)(H,24,26). The second kappa shape index (κ2) is 6.72. The van der Waals surface area contributed by atoms with Crippen molar-refractivity contribution >= 4 is 23.2 Å². The van der Waals surface area contributed by atoms with Gasteiger partial charge in [-0.2, -0.15) is 0 Å². The monoisotopic (exact) mass is 363 g/mol. The number of anilines is 2. The van der Waals surface area contributed by atoms with E-state index in [0.29, 0.717) is 23.9 Å². The topological polar surface area (TPSA) is 70.2 Å². The van der Waals surface area contributed by atoms with Crippen LogP contribution < -0.4 is 16.0 Å². The molecule has 0 saturated carbocycles. The lowest BCUT2D eigenvalue weighted by atomic mass is 9.80. The highest BCUT2D eigenvalue weighted by atomic mass is 16.2. The maximum atomic E-state index is 12.8. The van der Waals surface area contributed by atoms with Crippen LogP contribution in [0.4, 0.5) is 11.4 Å². The summed E-state index contributed by atoms with van der Waals surface area (Å²) in [5, 5.41) is 9.25. The molecule has 3 unspecified atom stereocenters. The van der Waals surface area contributed by atoms with Gasteiger partial charge < -0.3 is 16.0 Å². The fourth-order valence-electron chi connectivity index (χ4n) is 4.09. The smallest absolute Gasteiger partial charge is 0.255 e. The molecule has 2 aromatic rings. The van der Waals surface area contributed by atoms with Crippen molar-refractivity contribution in [3.05, 3.63) is 59.2 Å². The molecule has 2 aliphatic heterocycles. The van der Waals surface area contributed by atoms with Gasteiger partial charge in [-0.05, 0) is 53.3 Å². The van der Waals surface area contributed by atoms with Crippen LogP contribution >= 0.6 is 0 Å². The summed E-state index contributed by atoms with van der Waals surface area (Å²) in [4.78, 5) is 25.0. The normalized spacial score (nSPS) is 23.3. The summed E-state index contributed by atoms with van der Waals surface area (Å²) in [6.45, 7) is 7.07. The Labute approximate surface area is 159 Å². The van der Waals surface area contributed by atoms with E-state index in [9.17, 15) is 9.59 Å². The molecule has 2 heterocycles. The molecule has 140 valence electrons. The summed E-state index contributed by atoms with van der Waals surface area (Å²) in [7, 11) is 0. The van der Waals surface area contributed by atoms with Gasteiger partial charge in [0, 0.05) is 29.4 Å². The molecule has 5 heteroatoms. The van der Waals surface area contributed by atoms with Gasteiger partial charge in [0.2, 0.25) is 5.91 Å². The molecule has 3 N–H and O–H groups in total. The van der Waals surface area contributed by atoms with Crippen molar-refractivity contribution in [3.8, 4) is 0 Å². The van der Waals surface area contributed by atoms with E-state index in [4.69, 9.17) is 0 Å². The van der Waals surface area contributed by atoms with Gasteiger partial charge >= 0.3 is 0 Å². The zero-order chi connectivity index (χ0) is 19.1. The minimum absolute atomic E-state index is 0.0331. The van der Waals surface area contributed by atoms with Crippen molar-refractivity contribution in [2.45, 2.75) is 38.6 Å². The molecule has 3 atom stereocenters. The van der Waals surface area contributed by atoms with Crippen LogP contribution in [0, 0.1) is 5.92 Å². The highest BCUT2D eigenvalue weighted by Crippen LogP contribution is 2.42. The highest BCUT2D eigenvalue weighted by molar-refractivity contribution is 6.05. The summed E-state index contributed by atoms with van der Waals surface area (Å²) in [5.41, 5.74) is 4.62. The summed E-state index contributed by atoms with van der Waals surface area (Å²) in [5.74, 6) is 0.734. The van der Waals surface area contributed by atoms with Gasteiger partial charge in [-0.25, -0.2) is 0 Å². The van der Waals surface area contributed by atoms with Crippen molar-refractivity contribution < 1.29 is 9.59 Å². The van der Waals surface area contributed by atoms with E-state index >= 15 is 0 Å². The molecule has 2 aliphatic rings. The van der Waals surface area contributed by atoms with Crippen molar-refractivity contribution in [1.29, 1.82) is 0 Å². The second-order valence-corrected chi connectivity index (χ2v) is 7.91. The third-order valence-electron chi connectivity index (χ3n) is 5.65. The average Bonchev–Trinajstić information content (AvgIpc) is 3.05. The largest absolute Gasteiger partial charge is 0.373 e. The number of carbonyl (C=O) groups is 2. The van der Waals surface area contributed by atoms with Gasteiger partial charge in [0.25, 0.3) is 5.91 Å². The van der Waals surface area contributed by atoms with Crippen molar-refractivity contribution in [2.75, 3.05) is 17.2 Å². The predicted molar refractivity (Wildman–Crippen MR) is 107 cm³/mol. The lowest BCUT2D eigenvalue weighted by Gasteiger charge is -2.31. The number of nitrogens with one attached hydrogen (secondary N) is 3. The third kappa shape index (κ3) is 3.18. The minimum Gasteiger partial charge on any atom is -0.373 e. The first-order valence-corrected chi connectivity index (χ1v) is 9.53. The first-order valence-electron chi connectivity index (χ1n) is 9.53. The Kier molecular flexibility index (Phi) is 4.38. The van der Waals surface area contributed by atoms with Crippen LogP contribution in [0.1, 0.15) is 54.1 Å². The van der Waals surface area contributed by atoms with Crippen LogP contribution in [0.25, 0.3) is 0 Å². The van der Waals surface area contributed by atoms with Crippen LogP contribution in [-0.4, -0.2) is 24.4 Å². The van der Waals surface area contributed by atoms with Gasteiger partial charge in [0.05, 0.1) is 0 Å². The number of fused-ring (bicyclic) bond motifs is 3. The molecule has 5 nitrogen and oxygen atoms in total. The molecule has 2 aromatic carbocycles. The molecule has 0 spiro atoms. The van der Waals surface area contributed by atoms with Gasteiger partial charge in [-0.1, -0.05) is 32.9 Å². The van der Waals surface area contributed by atoms with Crippen LogP contribution in [0.3, 0.4) is 0 Å². The number of benzene rings is 2. The average molecular weight is 363 g/mol. The minimum atomic E-state index is -0.246. The molecule has 0 radical (unpaired) electrons.